The summed E-state index contributed by atoms with van der Waals surface area (Å²) in [6.07, 6.45) is -0.649. The molecule has 0 unspecified atom stereocenters. The van der Waals surface area contributed by atoms with Gasteiger partial charge in [-0.25, -0.2) is 15.6 Å². The lowest BCUT2D eigenvalue weighted by atomic mass is 9.76. The van der Waals surface area contributed by atoms with E-state index < -0.39 is 11.6 Å². The lowest BCUT2D eigenvalue weighted by Gasteiger charge is -2.42. The zero-order valence-corrected chi connectivity index (χ0v) is 22.0. The molecule has 0 aromatic heterocycles. The van der Waals surface area contributed by atoms with Crippen molar-refractivity contribution in [2.75, 3.05) is 6.61 Å². The van der Waals surface area contributed by atoms with E-state index in [0.717, 1.165) is 33.4 Å². The molecule has 6 rings (SSSR count). The smallest absolute Gasteiger partial charge is 0.425 e. The third-order valence-electron chi connectivity index (χ3n) is 7.54. The summed E-state index contributed by atoms with van der Waals surface area (Å²) in [6, 6.07) is 43.3. The molecule has 1 aliphatic carbocycles. The third kappa shape index (κ3) is 4.19. The van der Waals surface area contributed by atoms with Crippen molar-refractivity contribution in [1.29, 1.82) is 0 Å². The van der Waals surface area contributed by atoms with Crippen LogP contribution < -0.4 is 5.84 Å². The van der Waals surface area contributed by atoms with E-state index in [0.29, 0.717) is 10.6 Å². The van der Waals surface area contributed by atoms with Gasteiger partial charge in [0.25, 0.3) is 0 Å². The largest absolute Gasteiger partial charge is 0.447 e. The molecule has 5 heteroatoms. The van der Waals surface area contributed by atoms with Crippen LogP contribution in [0.1, 0.15) is 33.7 Å². The number of hydrogen-bond acceptors (Lipinski definition) is 3. The summed E-state index contributed by atoms with van der Waals surface area (Å²) < 4.78 is 6.03. The molecule has 0 spiro atoms. The van der Waals surface area contributed by atoms with Crippen LogP contribution >= 0.6 is 11.6 Å². The number of hydrogen-bond donors (Lipinski definition) is 1. The number of halogens is 1. The third-order valence-corrected chi connectivity index (χ3v) is 7.87. The molecule has 0 radical (unpaired) electrons. The van der Waals surface area contributed by atoms with Crippen LogP contribution in [0, 0.1) is 0 Å². The Kier molecular flexibility index (Phi) is 6.65. The molecule has 1 amide bonds. The van der Waals surface area contributed by atoms with Gasteiger partial charge in [-0.2, -0.15) is 0 Å². The molecule has 0 saturated heterocycles. The minimum Gasteiger partial charge on any atom is -0.447 e. The predicted molar refractivity (Wildman–Crippen MR) is 155 cm³/mol. The average Bonchev–Trinajstić information content (AvgIpc) is 3.32. The van der Waals surface area contributed by atoms with Crippen LogP contribution in [0.4, 0.5) is 4.79 Å². The molecule has 5 aromatic rings. The van der Waals surface area contributed by atoms with E-state index in [2.05, 4.69) is 24.3 Å². The quantitative estimate of drug-likeness (QED) is 0.106. The molecule has 0 saturated carbocycles. The Morgan fingerprint density at radius 2 is 1.15 bits per heavy atom. The van der Waals surface area contributed by atoms with Gasteiger partial charge < -0.3 is 4.74 Å². The zero-order valence-electron chi connectivity index (χ0n) is 21.2. The fraction of sp³-hybridized carbons (Fsp3) is 0.0882. The van der Waals surface area contributed by atoms with Gasteiger partial charge in [0, 0.05) is 16.5 Å². The summed E-state index contributed by atoms with van der Waals surface area (Å²) in [5.41, 5.74) is 5.64. The van der Waals surface area contributed by atoms with Gasteiger partial charge in [0.15, 0.2) is 0 Å². The van der Waals surface area contributed by atoms with E-state index in [1.807, 2.05) is 109 Å². The predicted octanol–water partition coefficient (Wildman–Crippen LogP) is 7.76. The van der Waals surface area contributed by atoms with Crippen LogP contribution in [-0.4, -0.2) is 17.7 Å². The van der Waals surface area contributed by atoms with E-state index in [-0.39, 0.29) is 12.5 Å². The molecule has 0 heterocycles. The lowest BCUT2D eigenvalue weighted by molar-refractivity contribution is 0.0717. The fourth-order valence-electron chi connectivity index (χ4n) is 5.80. The molecule has 0 bridgehead atoms. The first-order chi connectivity index (χ1) is 19.1. The number of benzene rings is 5. The topological polar surface area (TPSA) is 55.6 Å². The highest BCUT2D eigenvalue weighted by molar-refractivity contribution is 6.31. The van der Waals surface area contributed by atoms with Crippen LogP contribution in [0.5, 0.6) is 0 Å². The van der Waals surface area contributed by atoms with Crippen molar-refractivity contribution in [1.82, 2.24) is 5.01 Å². The number of fused-ring (bicyclic) bond motifs is 3. The highest BCUT2D eigenvalue weighted by atomic mass is 35.5. The van der Waals surface area contributed by atoms with Crippen LogP contribution in [0.3, 0.4) is 0 Å². The maximum Gasteiger partial charge on any atom is 0.425 e. The molecule has 0 aliphatic heterocycles. The Labute approximate surface area is 233 Å². The number of nitrogens with zero attached hydrogens (tertiary/aromatic N) is 1. The molecule has 2 N–H and O–H groups in total. The first-order valence-corrected chi connectivity index (χ1v) is 13.3. The fourth-order valence-corrected chi connectivity index (χ4v) is 6.07. The first-order valence-electron chi connectivity index (χ1n) is 12.9. The van der Waals surface area contributed by atoms with Gasteiger partial charge in [-0.3, -0.25) is 0 Å². The second kappa shape index (κ2) is 10.4. The van der Waals surface area contributed by atoms with Gasteiger partial charge in [-0.05, 0) is 39.4 Å². The number of rotatable bonds is 6. The monoisotopic (exact) mass is 530 g/mol. The molecule has 0 atom stereocenters. The van der Waals surface area contributed by atoms with Crippen LogP contribution in [-0.2, 0) is 10.3 Å². The molecule has 4 nitrogen and oxygen atoms in total. The van der Waals surface area contributed by atoms with Crippen LogP contribution in [0.25, 0.3) is 11.1 Å². The summed E-state index contributed by atoms with van der Waals surface area (Å²) in [5, 5.41) is 1.68. The number of ether oxygens (including phenoxy) is 1. The van der Waals surface area contributed by atoms with Crippen LogP contribution in [0.2, 0.25) is 5.02 Å². The summed E-state index contributed by atoms with van der Waals surface area (Å²) in [5.74, 6) is 6.75. The Morgan fingerprint density at radius 1 is 0.692 bits per heavy atom. The Morgan fingerprint density at radius 3 is 1.69 bits per heavy atom. The maximum atomic E-state index is 13.9. The molecule has 0 fully saturated rings. The minimum atomic E-state index is -1.23. The highest BCUT2D eigenvalue weighted by Gasteiger charge is 2.46. The van der Waals surface area contributed by atoms with Gasteiger partial charge in [0.1, 0.15) is 12.1 Å². The summed E-state index contributed by atoms with van der Waals surface area (Å²) in [7, 11) is 0. The second-order valence-electron chi connectivity index (χ2n) is 9.60. The Balaban J connectivity index is 1.42. The van der Waals surface area contributed by atoms with Crippen molar-refractivity contribution in [3.05, 3.63) is 166 Å². The average molecular weight is 531 g/mol. The van der Waals surface area contributed by atoms with Gasteiger partial charge in [0.2, 0.25) is 0 Å². The molecule has 192 valence electrons. The van der Waals surface area contributed by atoms with Gasteiger partial charge in [0.05, 0.1) is 0 Å². The van der Waals surface area contributed by atoms with Gasteiger partial charge in [-0.1, -0.05) is 139 Å². The standard InChI is InChI=1S/C34H27ClN2O2/c35-32-22-12-11-21-31(32)34(24-13-3-1-4-14-24,25-15-5-2-6-16-25)37(36)33(38)39-23-30-28-19-9-7-17-26(28)27-18-8-10-20-29(27)30/h1-22,30H,23,36H2. The summed E-state index contributed by atoms with van der Waals surface area (Å²) in [6.45, 7) is 0.155. The van der Waals surface area contributed by atoms with Crippen LogP contribution in [0.15, 0.2) is 133 Å². The minimum absolute atomic E-state index is 0.0853. The van der Waals surface area contributed by atoms with Crippen molar-refractivity contribution in [3.8, 4) is 11.1 Å². The lowest BCUT2D eigenvalue weighted by Crippen LogP contribution is -2.55. The van der Waals surface area contributed by atoms with E-state index in [9.17, 15) is 4.79 Å². The highest BCUT2D eigenvalue weighted by Crippen LogP contribution is 2.46. The molecule has 5 aromatic carbocycles. The van der Waals surface area contributed by atoms with E-state index in [4.69, 9.17) is 22.2 Å². The maximum absolute atomic E-state index is 13.9. The van der Waals surface area contributed by atoms with E-state index in [1.165, 1.54) is 5.01 Å². The van der Waals surface area contributed by atoms with Gasteiger partial charge in [-0.15, -0.1) is 0 Å². The number of carbonyl (C=O) groups excluding carboxylic acids is 1. The van der Waals surface area contributed by atoms with E-state index >= 15 is 0 Å². The molecule has 39 heavy (non-hydrogen) atoms. The molecule has 1 aliphatic rings. The summed E-state index contributed by atoms with van der Waals surface area (Å²) >= 11 is 6.82. The number of nitrogens with two attached hydrogens (primary N) is 1. The molecular formula is C34H27ClN2O2. The SMILES string of the molecule is NN(C(=O)OCC1c2ccccc2-c2ccccc21)C(c1ccccc1)(c1ccccc1)c1ccccc1Cl. The van der Waals surface area contributed by atoms with Gasteiger partial charge >= 0.3 is 6.09 Å². The van der Waals surface area contributed by atoms with Crippen molar-refractivity contribution in [2.24, 2.45) is 5.84 Å². The first kappa shape index (κ1) is 24.9. The number of hydrazine groups is 1. The summed E-state index contributed by atoms with van der Waals surface area (Å²) in [4.78, 5) is 13.9. The van der Waals surface area contributed by atoms with Crippen molar-refractivity contribution in [3.63, 3.8) is 0 Å². The van der Waals surface area contributed by atoms with Crippen molar-refractivity contribution < 1.29 is 9.53 Å². The Hall–Kier alpha value is -4.38. The van der Waals surface area contributed by atoms with Crippen molar-refractivity contribution >= 4 is 17.7 Å². The zero-order chi connectivity index (χ0) is 26.8. The normalized spacial score (nSPS) is 12.5. The second-order valence-corrected chi connectivity index (χ2v) is 10.0. The Bertz CT molecular complexity index is 1540. The number of carbonyl (C=O) groups is 1. The van der Waals surface area contributed by atoms with Crippen molar-refractivity contribution in [2.45, 2.75) is 11.5 Å². The number of amides is 1. The van der Waals surface area contributed by atoms with E-state index in [1.54, 1.807) is 0 Å². The molecular weight excluding hydrogens is 504 g/mol.